The van der Waals surface area contributed by atoms with E-state index in [4.69, 9.17) is 10.5 Å². The van der Waals surface area contributed by atoms with Crippen molar-refractivity contribution < 1.29 is 4.74 Å². The minimum Gasteiger partial charge on any atom is -0.377 e. The monoisotopic (exact) mass is 234 g/mol. The van der Waals surface area contributed by atoms with Gasteiger partial charge in [0.05, 0.1) is 6.61 Å². The van der Waals surface area contributed by atoms with Crippen LogP contribution in [0, 0.1) is 5.92 Å². The summed E-state index contributed by atoms with van der Waals surface area (Å²) in [5.74, 6) is 0.736. The molecule has 1 aromatic rings. The Labute approximate surface area is 104 Å². The van der Waals surface area contributed by atoms with Crippen LogP contribution in [0.25, 0.3) is 0 Å². The van der Waals surface area contributed by atoms with E-state index in [2.05, 4.69) is 17.0 Å². The molecule has 0 amide bonds. The normalized spacial score (nSPS) is 17.0. The molecule has 3 nitrogen and oxygen atoms in total. The van der Waals surface area contributed by atoms with Crippen molar-refractivity contribution in [3.8, 4) is 0 Å². The summed E-state index contributed by atoms with van der Waals surface area (Å²) in [7, 11) is 0. The zero-order chi connectivity index (χ0) is 11.9. The zero-order valence-corrected chi connectivity index (χ0v) is 10.3. The van der Waals surface area contributed by atoms with Crippen LogP contribution in [-0.4, -0.2) is 37.7 Å². The molecule has 0 saturated carbocycles. The highest BCUT2D eigenvalue weighted by molar-refractivity contribution is 5.13. The van der Waals surface area contributed by atoms with Gasteiger partial charge in [0, 0.05) is 26.2 Å². The molecule has 1 aliphatic rings. The zero-order valence-electron chi connectivity index (χ0n) is 10.3. The first-order valence-corrected chi connectivity index (χ1v) is 6.42. The van der Waals surface area contributed by atoms with Crippen molar-refractivity contribution in [1.29, 1.82) is 0 Å². The minimum absolute atomic E-state index is 0.728. The van der Waals surface area contributed by atoms with Gasteiger partial charge in [0.2, 0.25) is 0 Å². The van der Waals surface area contributed by atoms with Crippen LogP contribution < -0.4 is 5.73 Å². The van der Waals surface area contributed by atoms with Gasteiger partial charge >= 0.3 is 0 Å². The lowest BCUT2D eigenvalue weighted by Gasteiger charge is -2.38. The second-order valence-electron chi connectivity index (χ2n) is 4.75. The average Bonchev–Trinajstić information content (AvgIpc) is 2.32. The molecular weight excluding hydrogens is 212 g/mol. The molecule has 0 aromatic heterocycles. The first-order valence-electron chi connectivity index (χ1n) is 6.42. The highest BCUT2D eigenvalue weighted by Gasteiger charge is 2.23. The lowest BCUT2D eigenvalue weighted by molar-refractivity contribution is 0.0730. The fourth-order valence-electron chi connectivity index (χ4n) is 2.16. The maximum Gasteiger partial charge on any atom is 0.0716 e. The summed E-state index contributed by atoms with van der Waals surface area (Å²) in [5, 5.41) is 0. The Kier molecular flexibility index (Phi) is 4.98. The lowest BCUT2D eigenvalue weighted by Crippen LogP contribution is -2.50. The molecule has 0 aliphatic carbocycles. The molecular formula is C14H22N2O. The van der Waals surface area contributed by atoms with E-state index in [0.29, 0.717) is 0 Å². The number of hydrogen-bond acceptors (Lipinski definition) is 3. The quantitative estimate of drug-likeness (QED) is 0.726. The van der Waals surface area contributed by atoms with Crippen molar-refractivity contribution in [3.05, 3.63) is 35.9 Å². The average molecular weight is 234 g/mol. The van der Waals surface area contributed by atoms with Gasteiger partial charge in [0.1, 0.15) is 0 Å². The number of hydrogen-bond donors (Lipinski definition) is 1. The van der Waals surface area contributed by atoms with Crippen LogP contribution in [0.15, 0.2) is 30.3 Å². The van der Waals surface area contributed by atoms with Gasteiger partial charge in [-0.15, -0.1) is 0 Å². The van der Waals surface area contributed by atoms with Gasteiger partial charge in [-0.3, -0.25) is 0 Å². The molecule has 1 fully saturated rings. The molecule has 1 aliphatic heterocycles. The topological polar surface area (TPSA) is 38.5 Å². The summed E-state index contributed by atoms with van der Waals surface area (Å²) >= 11 is 0. The largest absolute Gasteiger partial charge is 0.377 e. The molecule has 1 aromatic carbocycles. The third-order valence-electron chi connectivity index (χ3n) is 3.24. The molecule has 0 bridgehead atoms. The fraction of sp³-hybridized carbons (Fsp3) is 0.571. The minimum atomic E-state index is 0.728. The van der Waals surface area contributed by atoms with Crippen LogP contribution in [0.2, 0.25) is 0 Å². The van der Waals surface area contributed by atoms with Crippen LogP contribution >= 0.6 is 0 Å². The van der Waals surface area contributed by atoms with Gasteiger partial charge in [0.25, 0.3) is 0 Å². The number of nitrogens with two attached hydrogens (primary N) is 1. The molecule has 0 radical (unpaired) electrons. The predicted octanol–water partition coefficient (Wildman–Crippen LogP) is 1.48. The van der Waals surface area contributed by atoms with Gasteiger partial charge in [-0.05, 0) is 24.4 Å². The van der Waals surface area contributed by atoms with E-state index in [9.17, 15) is 0 Å². The standard InChI is InChI=1S/C14H22N2O/c15-9-14-10-16(11-14)7-4-8-17-12-13-5-2-1-3-6-13/h1-3,5-6,14H,4,7-12,15H2. The molecule has 0 spiro atoms. The van der Waals surface area contributed by atoms with Gasteiger partial charge in [-0.1, -0.05) is 30.3 Å². The summed E-state index contributed by atoms with van der Waals surface area (Å²) in [6.07, 6.45) is 1.12. The van der Waals surface area contributed by atoms with E-state index >= 15 is 0 Å². The predicted molar refractivity (Wildman–Crippen MR) is 69.7 cm³/mol. The highest BCUT2D eigenvalue weighted by Crippen LogP contribution is 2.13. The van der Waals surface area contributed by atoms with Crippen LogP contribution in [0.3, 0.4) is 0 Å². The van der Waals surface area contributed by atoms with E-state index in [1.54, 1.807) is 0 Å². The molecule has 1 saturated heterocycles. The first-order chi connectivity index (χ1) is 8.38. The molecule has 2 rings (SSSR count). The van der Waals surface area contributed by atoms with Gasteiger partial charge in [0.15, 0.2) is 0 Å². The van der Waals surface area contributed by atoms with Crippen molar-refractivity contribution in [1.82, 2.24) is 4.90 Å². The van der Waals surface area contributed by atoms with Crippen molar-refractivity contribution in [3.63, 3.8) is 0 Å². The summed E-state index contributed by atoms with van der Waals surface area (Å²) in [6.45, 7) is 5.90. The Morgan fingerprint density at radius 3 is 2.71 bits per heavy atom. The maximum absolute atomic E-state index is 5.64. The Hall–Kier alpha value is -0.900. The Morgan fingerprint density at radius 2 is 2.00 bits per heavy atom. The summed E-state index contributed by atoms with van der Waals surface area (Å²) in [6, 6.07) is 10.3. The Bertz CT molecular complexity index is 309. The number of ether oxygens (including phenoxy) is 1. The molecule has 94 valence electrons. The Morgan fingerprint density at radius 1 is 1.24 bits per heavy atom. The van der Waals surface area contributed by atoms with Crippen LogP contribution in [0.4, 0.5) is 0 Å². The Balaban J connectivity index is 1.47. The molecule has 0 unspecified atom stereocenters. The number of likely N-dealkylation sites (tertiary alicyclic amines) is 1. The molecule has 17 heavy (non-hydrogen) atoms. The van der Waals surface area contributed by atoms with Crippen LogP contribution in [0.1, 0.15) is 12.0 Å². The smallest absolute Gasteiger partial charge is 0.0716 e. The van der Waals surface area contributed by atoms with E-state index in [0.717, 1.165) is 38.6 Å². The summed E-state index contributed by atoms with van der Waals surface area (Å²) in [4.78, 5) is 2.45. The van der Waals surface area contributed by atoms with Crippen LogP contribution in [0.5, 0.6) is 0 Å². The van der Waals surface area contributed by atoms with E-state index in [-0.39, 0.29) is 0 Å². The molecule has 1 heterocycles. The second kappa shape index (κ2) is 6.74. The van der Waals surface area contributed by atoms with E-state index in [1.165, 1.54) is 18.7 Å². The van der Waals surface area contributed by atoms with Crippen molar-refractivity contribution in [2.45, 2.75) is 13.0 Å². The van der Waals surface area contributed by atoms with E-state index < -0.39 is 0 Å². The van der Waals surface area contributed by atoms with Crippen LogP contribution in [-0.2, 0) is 11.3 Å². The number of nitrogens with zero attached hydrogens (tertiary/aromatic N) is 1. The van der Waals surface area contributed by atoms with Crippen molar-refractivity contribution in [2.75, 3.05) is 32.8 Å². The maximum atomic E-state index is 5.64. The first kappa shape index (κ1) is 12.6. The molecule has 2 N–H and O–H groups in total. The molecule has 0 atom stereocenters. The third-order valence-corrected chi connectivity index (χ3v) is 3.24. The SMILES string of the molecule is NCC1CN(CCCOCc2ccccc2)C1. The van der Waals surface area contributed by atoms with E-state index in [1.807, 2.05) is 18.2 Å². The van der Waals surface area contributed by atoms with Gasteiger partial charge in [-0.2, -0.15) is 0 Å². The summed E-state index contributed by atoms with van der Waals surface area (Å²) in [5.41, 5.74) is 6.84. The number of rotatable bonds is 7. The fourth-order valence-corrected chi connectivity index (χ4v) is 2.16. The van der Waals surface area contributed by atoms with Gasteiger partial charge in [-0.25, -0.2) is 0 Å². The van der Waals surface area contributed by atoms with Gasteiger partial charge < -0.3 is 15.4 Å². The lowest BCUT2D eigenvalue weighted by atomic mass is 10.0. The summed E-state index contributed by atoms with van der Waals surface area (Å²) < 4.78 is 5.64. The number of benzene rings is 1. The molecule has 3 heteroatoms. The third kappa shape index (κ3) is 4.11. The van der Waals surface area contributed by atoms with Crippen molar-refractivity contribution >= 4 is 0 Å². The second-order valence-corrected chi connectivity index (χ2v) is 4.75. The highest BCUT2D eigenvalue weighted by atomic mass is 16.5. The van der Waals surface area contributed by atoms with Crippen molar-refractivity contribution in [2.24, 2.45) is 11.7 Å².